The number of ether oxygens (including phenoxy) is 1. The lowest BCUT2D eigenvalue weighted by Crippen LogP contribution is -2.30. The van der Waals surface area contributed by atoms with Gasteiger partial charge in [0.15, 0.2) is 0 Å². The zero-order valence-corrected chi connectivity index (χ0v) is 7.62. The molecular formula is C8H17NO3. The van der Waals surface area contributed by atoms with E-state index in [-0.39, 0.29) is 6.10 Å². The van der Waals surface area contributed by atoms with E-state index in [0.717, 1.165) is 12.8 Å². The number of methoxy groups -OCH3 is 1. The molecule has 4 heteroatoms. The molecule has 0 aromatic carbocycles. The van der Waals surface area contributed by atoms with Gasteiger partial charge in [0.25, 0.3) is 0 Å². The van der Waals surface area contributed by atoms with Crippen molar-refractivity contribution in [1.82, 2.24) is 0 Å². The molecule has 0 aromatic rings. The molecule has 0 rings (SSSR count). The van der Waals surface area contributed by atoms with E-state index in [1.165, 1.54) is 0 Å². The molecule has 0 saturated carbocycles. The lowest BCUT2D eigenvalue weighted by Gasteiger charge is -2.10. The Kier molecular flexibility index (Phi) is 5.66. The molecule has 0 radical (unpaired) electrons. The molecule has 3 N–H and O–H groups in total. The Labute approximate surface area is 72.7 Å². The third-order valence-corrected chi connectivity index (χ3v) is 1.85. The molecular weight excluding hydrogens is 158 g/mol. The lowest BCUT2D eigenvalue weighted by molar-refractivity contribution is -0.138. The molecule has 0 spiro atoms. The van der Waals surface area contributed by atoms with Gasteiger partial charge in [0.2, 0.25) is 0 Å². The SMILES string of the molecule is COC(C)CCC[C@@H](N)C(=O)O. The smallest absolute Gasteiger partial charge is 0.320 e. The molecule has 0 heterocycles. The number of rotatable bonds is 6. The van der Waals surface area contributed by atoms with E-state index in [2.05, 4.69) is 0 Å². The minimum atomic E-state index is -0.930. The maximum absolute atomic E-state index is 10.3. The Morgan fingerprint density at radius 1 is 1.58 bits per heavy atom. The summed E-state index contributed by atoms with van der Waals surface area (Å²) >= 11 is 0. The average Bonchev–Trinajstić information content (AvgIpc) is 2.03. The summed E-state index contributed by atoms with van der Waals surface area (Å²) in [5, 5.41) is 8.45. The number of carboxylic acid groups (broad SMARTS) is 1. The molecule has 4 nitrogen and oxygen atoms in total. The maximum Gasteiger partial charge on any atom is 0.320 e. The summed E-state index contributed by atoms with van der Waals surface area (Å²) in [6, 6.07) is -0.728. The van der Waals surface area contributed by atoms with Crippen LogP contribution in [0, 0.1) is 0 Å². The van der Waals surface area contributed by atoms with Crippen molar-refractivity contribution in [3.63, 3.8) is 0 Å². The standard InChI is InChI=1S/C8H17NO3/c1-6(12-2)4-3-5-7(9)8(10)11/h6-7H,3-5,9H2,1-2H3,(H,10,11)/t6?,7-/m1/s1. The fourth-order valence-corrected chi connectivity index (χ4v) is 0.867. The second kappa shape index (κ2) is 5.97. The van der Waals surface area contributed by atoms with Gasteiger partial charge in [-0.15, -0.1) is 0 Å². The van der Waals surface area contributed by atoms with Crippen molar-refractivity contribution < 1.29 is 14.6 Å². The molecule has 2 atom stereocenters. The van der Waals surface area contributed by atoms with Gasteiger partial charge in [-0.05, 0) is 26.2 Å². The van der Waals surface area contributed by atoms with Crippen LogP contribution in [0.2, 0.25) is 0 Å². The predicted molar refractivity (Wildman–Crippen MR) is 45.9 cm³/mol. The normalized spacial score (nSPS) is 15.6. The van der Waals surface area contributed by atoms with Gasteiger partial charge in [-0.2, -0.15) is 0 Å². The highest BCUT2D eigenvalue weighted by Gasteiger charge is 2.10. The van der Waals surface area contributed by atoms with Crippen LogP contribution in [-0.2, 0) is 9.53 Å². The summed E-state index contributed by atoms with van der Waals surface area (Å²) < 4.78 is 5.00. The first-order valence-electron chi connectivity index (χ1n) is 4.09. The molecule has 0 aliphatic rings. The Balaban J connectivity index is 3.37. The van der Waals surface area contributed by atoms with Crippen LogP contribution in [0.4, 0.5) is 0 Å². The van der Waals surface area contributed by atoms with Gasteiger partial charge in [-0.1, -0.05) is 0 Å². The van der Waals surface area contributed by atoms with Crippen molar-refractivity contribution in [2.45, 2.75) is 38.3 Å². The highest BCUT2D eigenvalue weighted by molar-refractivity contribution is 5.72. The van der Waals surface area contributed by atoms with E-state index in [4.69, 9.17) is 15.6 Å². The number of carbonyl (C=O) groups is 1. The van der Waals surface area contributed by atoms with Gasteiger partial charge in [0.05, 0.1) is 6.10 Å². The van der Waals surface area contributed by atoms with Crippen molar-refractivity contribution in [3.8, 4) is 0 Å². The maximum atomic E-state index is 10.3. The van der Waals surface area contributed by atoms with Crippen molar-refractivity contribution in [2.75, 3.05) is 7.11 Å². The highest BCUT2D eigenvalue weighted by Crippen LogP contribution is 2.04. The molecule has 0 saturated heterocycles. The van der Waals surface area contributed by atoms with Crippen LogP contribution in [-0.4, -0.2) is 30.3 Å². The van der Waals surface area contributed by atoms with Crippen molar-refractivity contribution in [1.29, 1.82) is 0 Å². The van der Waals surface area contributed by atoms with Crippen LogP contribution in [0.1, 0.15) is 26.2 Å². The fourth-order valence-electron chi connectivity index (χ4n) is 0.867. The number of carboxylic acids is 1. The Hall–Kier alpha value is -0.610. The van der Waals surface area contributed by atoms with Crippen LogP contribution < -0.4 is 5.73 Å². The molecule has 0 fully saturated rings. The summed E-state index contributed by atoms with van der Waals surface area (Å²) in [6.07, 6.45) is 2.36. The predicted octanol–water partition coefficient (Wildman–Crippen LogP) is 0.603. The summed E-state index contributed by atoms with van der Waals surface area (Å²) in [6.45, 7) is 1.95. The van der Waals surface area contributed by atoms with Gasteiger partial charge in [-0.3, -0.25) is 4.79 Å². The van der Waals surface area contributed by atoms with Gasteiger partial charge >= 0.3 is 5.97 Å². The van der Waals surface area contributed by atoms with Crippen LogP contribution in [0.15, 0.2) is 0 Å². The molecule has 72 valence electrons. The summed E-state index contributed by atoms with van der Waals surface area (Å²) in [4.78, 5) is 10.3. The van der Waals surface area contributed by atoms with Crippen molar-refractivity contribution in [3.05, 3.63) is 0 Å². The minimum Gasteiger partial charge on any atom is -0.480 e. The van der Waals surface area contributed by atoms with E-state index in [1.807, 2.05) is 6.92 Å². The lowest BCUT2D eigenvalue weighted by atomic mass is 10.1. The summed E-state index contributed by atoms with van der Waals surface area (Å²) in [7, 11) is 1.64. The minimum absolute atomic E-state index is 0.186. The Morgan fingerprint density at radius 2 is 2.17 bits per heavy atom. The zero-order chi connectivity index (χ0) is 9.56. The largest absolute Gasteiger partial charge is 0.480 e. The van der Waals surface area contributed by atoms with Gasteiger partial charge in [0.1, 0.15) is 6.04 Å². The summed E-state index contributed by atoms with van der Waals surface area (Å²) in [5.41, 5.74) is 5.30. The average molecular weight is 175 g/mol. The first-order valence-corrected chi connectivity index (χ1v) is 4.09. The third kappa shape index (κ3) is 5.09. The number of hydrogen-bond donors (Lipinski definition) is 2. The van der Waals surface area contributed by atoms with Gasteiger partial charge < -0.3 is 15.6 Å². The molecule has 12 heavy (non-hydrogen) atoms. The van der Waals surface area contributed by atoms with Crippen molar-refractivity contribution >= 4 is 5.97 Å². The monoisotopic (exact) mass is 175 g/mol. The van der Waals surface area contributed by atoms with Crippen LogP contribution >= 0.6 is 0 Å². The van der Waals surface area contributed by atoms with E-state index in [0.29, 0.717) is 6.42 Å². The summed E-state index contributed by atoms with van der Waals surface area (Å²) in [5.74, 6) is -0.930. The van der Waals surface area contributed by atoms with Crippen LogP contribution in [0.3, 0.4) is 0 Å². The number of hydrogen-bond acceptors (Lipinski definition) is 3. The second-order valence-corrected chi connectivity index (χ2v) is 2.92. The van der Waals surface area contributed by atoms with Gasteiger partial charge in [-0.25, -0.2) is 0 Å². The van der Waals surface area contributed by atoms with Gasteiger partial charge in [0, 0.05) is 7.11 Å². The molecule has 0 aromatic heterocycles. The molecule has 1 unspecified atom stereocenters. The molecule has 0 aliphatic heterocycles. The highest BCUT2D eigenvalue weighted by atomic mass is 16.5. The van der Waals surface area contributed by atoms with Crippen molar-refractivity contribution in [2.24, 2.45) is 5.73 Å². The second-order valence-electron chi connectivity index (χ2n) is 2.92. The molecule has 0 amide bonds. The Morgan fingerprint density at radius 3 is 2.58 bits per heavy atom. The van der Waals surface area contributed by atoms with Crippen LogP contribution in [0.5, 0.6) is 0 Å². The van der Waals surface area contributed by atoms with E-state index in [1.54, 1.807) is 7.11 Å². The Bertz CT molecular complexity index is 138. The topological polar surface area (TPSA) is 72.5 Å². The number of nitrogens with two attached hydrogens (primary N) is 1. The van der Waals surface area contributed by atoms with E-state index >= 15 is 0 Å². The zero-order valence-electron chi connectivity index (χ0n) is 7.62. The third-order valence-electron chi connectivity index (χ3n) is 1.85. The van der Waals surface area contributed by atoms with Crippen LogP contribution in [0.25, 0.3) is 0 Å². The van der Waals surface area contributed by atoms with E-state index in [9.17, 15) is 4.79 Å². The first-order chi connectivity index (χ1) is 5.57. The quantitative estimate of drug-likeness (QED) is 0.620. The van der Waals surface area contributed by atoms with E-state index < -0.39 is 12.0 Å². The first kappa shape index (κ1) is 11.4. The molecule has 0 bridgehead atoms. The number of aliphatic carboxylic acids is 1. The molecule has 0 aliphatic carbocycles. The fraction of sp³-hybridized carbons (Fsp3) is 0.875.